The minimum atomic E-state index is -0.144. The van der Waals surface area contributed by atoms with E-state index >= 15 is 0 Å². The average molecular weight is 322 g/mol. The molecular weight excluding hydrogens is 306 g/mol. The summed E-state index contributed by atoms with van der Waals surface area (Å²) in [6, 6.07) is 0. The molecule has 0 radical (unpaired) electrons. The highest BCUT2D eigenvalue weighted by molar-refractivity contribution is 9.10. The van der Waals surface area contributed by atoms with Crippen molar-refractivity contribution in [3.8, 4) is 11.6 Å². The van der Waals surface area contributed by atoms with E-state index in [0.29, 0.717) is 17.5 Å². The lowest BCUT2D eigenvalue weighted by molar-refractivity contribution is 0.564. The van der Waals surface area contributed by atoms with Crippen molar-refractivity contribution >= 4 is 21.7 Å². The number of anilines is 1. The largest absolute Gasteiger partial charge is 0.383 e. The second-order valence-electron chi connectivity index (χ2n) is 5.43. The lowest BCUT2D eigenvalue weighted by atomic mass is 9.92. The Kier molecular flexibility index (Phi) is 3.54. The second-order valence-corrected chi connectivity index (χ2v) is 6.22. The second kappa shape index (κ2) is 4.85. The molecule has 19 heavy (non-hydrogen) atoms. The van der Waals surface area contributed by atoms with Gasteiger partial charge in [-0.1, -0.05) is 20.8 Å². The van der Waals surface area contributed by atoms with Crippen molar-refractivity contribution in [3.05, 3.63) is 28.1 Å². The van der Waals surface area contributed by atoms with Crippen LogP contribution in [-0.2, 0) is 5.41 Å². The van der Waals surface area contributed by atoms with Gasteiger partial charge in [-0.15, -0.1) is 0 Å². The number of halogens is 1. The normalized spacial score (nSPS) is 11.6. The van der Waals surface area contributed by atoms with Crippen molar-refractivity contribution < 1.29 is 0 Å². The number of nitrogen functional groups attached to an aromatic ring is 1. The third kappa shape index (κ3) is 2.89. The van der Waals surface area contributed by atoms with Crippen LogP contribution in [-0.4, -0.2) is 19.9 Å². The molecule has 2 heterocycles. The van der Waals surface area contributed by atoms with Gasteiger partial charge in [0.1, 0.15) is 5.82 Å². The lowest BCUT2D eigenvalue weighted by Crippen LogP contribution is -2.17. The summed E-state index contributed by atoms with van der Waals surface area (Å²) in [7, 11) is 0. The fourth-order valence-electron chi connectivity index (χ4n) is 1.57. The Balaban J connectivity index is 2.60. The summed E-state index contributed by atoms with van der Waals surface area (Å²) in [5, 5.41) is 0. The summed E-state index contributed by atoms with van der Waals surface area (Å²) >= 11 is 3.44. The molecule has 0 amide bonds. The highest BCUT2D eigenvalue weighted by Crippen LogP contribution is 2.32. The standard InChI is InChI=1S/C13H16BrN5/c1-7-5-16-11(17-6-7)12-18-9(13(2,3)4)8(14)10(15)19-12/h5-6H,1-4H3,(H2,15,18,19). The van der Waals surface area contributed by atoms with Gasteiger partial charge in [0.15, 0.2) is 11.6 Å². The summed E-state index contributed by atoms with van der Waals surface area (Å²) in [5.74, 6) is 1.33. The Bertz CT molecular complexity index is 602. The first-order chi connectivity index (χ1) is 8.79. The molecule has 2 aromatic rings. The third-order valence-electron chi connectivity index (χ3n) is 2.57. The minimum Gasteiger partial charge on any atom is -0.383 e. The molecule has 0 saturated carbocycles. The highest BCUT2D eigenvalue weighted by Gasteiger charge is 2.23. The maximum atomic E-state index is 5.93. The topological polar surface area (TPSA) is 77.6 Å². The van der Waals surface area contributed by atoms with Crippen LogP contribution in [0.2, 0.25) is 0 Å². The quantitative estimate of drug-likeness (QED) is 0.873. The van der Waals surface area contributed by atoms with E-state index in [4.69, 9.17) is 5.73 Å². The van der Waals surface area contributed by atoms with Gasteiger partial charge < -0.3 is 5.73 Å². The first-order valence-electron chi connectivity index (χ1n) is 5.91. The molecule has 0 aliphatic carbocycles. The summed E-state index contributed by atoms with van der Waals surface area (Å²) in [6.07, 6.45) is 3.47. The molecule has 0 bridgehead atoms. The number of rotatable bonds is 1. The van der Waals surface area contributed by atoms with Crippen LogP contribution in [0.15, 0.2) is 16.9 Å². The zero-order valence-corrected chi connectivity index (χ0v) is 13.0. The van der Waals surface area contributed by atoms with Gasteiger partial charge >= 0.3 is 0 Å². The smallest absolute Gasteiger partial charge is 0.200 e. The van der Waals surface area contributed by atoms with Crippen molar-refractivity contribution in [2.75, 3.05) is 5.73 Å². The summed E-state index contributed by atoms with van der Waals surface area (Å²) in [5.41, 5.74) is 7.63. The third-order valence-corrected chi connectivity index (χ3v) is 3.35. The van der Waals surface area contributed by atoms with Crippen molar-refractivity contribution in [2.24, 2.45) is 0 Å². The van der Waals surface area contributed by atoms with E-state index in [1.54, 1.807) is 12.4 Å². The van der Waals surface area contributed by atoms with Gasteiger partial charge in [-0.25, -0.2) is 19.9 Å². The van der Waals surface area contributed by atoms with Crippen LogP contribution in [0, 0.1) is 6.92 Å². The monoisotopic (exact) mass is 321 g/mol. The van der Waals surface area contributed by atoms with E-state index in [1.807, 2.05) is 6.92 Å². The molecule has 0 spiro atoms. The molecule has 2 aromatic heterocycles. The molecule has 0 saturated heterocycles. The number of hydrogen-bond donors (Lipinski definition) is 1. The van der Waals surface area contributed by atoms with Crippen LogP contribution in [0.1, 0.15) is 32.0 Å². The molecule has 0 unspecified atom stereocenters. The zero-order chi connectivity index (χ0) is 14.2. The lowest BCUT2D eigenvalue weighted by Gasteiger charge is -2.20. The maximum Gasteiger partial charge on any atom is 0.200 e. The van der Waals surface area contributed by atoms with Gasteiger partial charge in [0, 0.05) is 17.8 Å². The van der Waals surface area contributed by atoms with Crippen molar-refractivity contribution in [2.45, 2.75) is 33.1 Å². The summed E-state index contributed by atoms with van der Waals surface area (Å²) < 4.78 is 0.732. The minimum absolute atomic E-state index is 0.144. The molecule has 0 fully saturated rings. The van der Waals surface area contributed by atoms with Crippen LogP contribution in [0.25, 0.3) is 11.6 Å². The highest BCUT2D eigenvalue weighted by atomic mass is 79.9. The van der Waals surface area contributed by atoms with E-state index in [2.05, 4.69) is 56.6 Å². The average Bonchev–Trinajstić information content (AvgIpc) is 2.32. The number of nitrogens with zero attached hydrogens (tertiary/aromatic N) is 4. The number of nitrogens with two attached hydrogens (primary N) is 1. The fraction of sp³-hybridized carbons (Fsp3) is 0.385. The van der Waals surface area contributed by atoms with E-state index in [0.717, 1.165) is 15.7 Å². The number of aromatic nitrogens is 4. The van der Waals surface area contributed by atoms with Crippen molar-refractivity contribution in [1.29, 1.82) is 0 Å². The molecule has 0 aliphatic heterocycles. The van der Waals surface area contributed by atoms with Crippen LogP contribution < -0.4 is 5.73 Å². The van der Waals surface area contributed by atoms with E-state index in [1.165, 1.54) is 0 Å². The Morgan fingerprint density at radius 2 is 1.63 bits per heavy atom. The van der Waals surface area contributed by atoms with Gasteiger partial charge in [0.05, 0.1) is 10.2 Å². The Morgan fingerprint density at radius 1 is 1.05 bits per heavy atom. The van der Waals surface area contributed by atoms with E-state index < -0.39 is 0 Å². The molecule has 0 aliphatic rings. The van der Waals surface area contributed by atoms with Crippen LogP contribution in [0.3, 0.4) is 0 Å². The van der Waals surface area contributed by atoms with Gasteiger partial charge in [-0.2, -0.15) is 0 Å². The van der Waals surface area contributed by atoms with Crippen LogP contribution >= 0.6 is 15.9 Å². The number of aryl methyl sites for hydroxylation is 1. The van der Waals surface area contributed by atoms with Crippen LogP contribution in [0.4, 0.5) is 5.82 Å². The Morgan fingerprint density at radius 3 is 2.16 bits per heavy atom. The SMILES string of the molecule is Cc1cnc(-c2nc(N)c(Br)c(C(C)(C)C)n2)nc1. The molecule has 100 valence electrons. The fourth-order valence-corrected chi connectivity index (χ4v) is 2.34. The van der Waals surface area contributed by atoms with Crippen molar-refractivity contribution in [3.63, 3.8) is 0 Å². The van der Waals surface area contributed by atoms with Gasteiger partial charge in [-0.05, 0) is 28.4 Å². The first-order valence-corrected chi connectivity index (χ1v) is 6.71. The van der Waals surface area contributed by atoms with Gasteiger partial charge in [0.25, 0.3) is 0 Å². The number of hydrogen-bond acceptors (Lipinski definition) is 5. The zero-order valence-electron chi connectivity index (χ0n) is 11.4. The molecule has 6 heteroatoms. The van der Waals surface area contributed by atoms with Crippen LogP contribution in [0.5, 0.6) is 0 Å². The van der Waals surface area contributed by atoms with E-state index in [9.17, 15) is 0 Å². The molecule has 2 N–H and O–H groups in total. The first kappa shape index (κ1) is 13.9. The molecule has 0 aromatic carbocycles. The van der Waals surface area contributed by atoms with Gasteiger partial charge in [0.2, 0.25) is 0 Å². The van der Waals surface area contributed by atoms with Crippen molar-refractivity contribution in [1.82, 2.24) is 19.9 Å². The molecular formula is C13H16BrN5. The van der Waals surface area contributed by atoms with E-state index in [-0.39, 0.29) is 5.41 Å². The predicted octanol–water partition coefficient (Wildman–Crippen LogP) is 2.88. The molecule has 5 nitrogen and oxygen atoms in total. The molecule has 2 rings (SSSR count). The summed E-state index contributed by atoms with van der Waals surface area (Å²) in [4.78, 5) is 17.3. The summed E-state index contributed by atoms with van der Waals surface area (Å²) in [6.45, 7) is 8.14. The Labute approximate surface area is 120 Å². The van der Waals surface area contributed by atoms with Gasteiger partial charge in [-0.3, -0.25) is 0 Å². The molecule has 0 atom stereocenters. The Hall–Kier alpha value is -1.56. The predicted molar refractivity (Wildman–Crippen MR) is 78.6 cm³/mol. The maximum absolute atomic E-state index is 5.93.